The number of unbranched alkanes of at least 4 members (excludes halogenated alkanes) is 6. The smallest absolute Gasteiger partial charge is 0.0420 e. The van der Waals surface area contributed by atoms with Gasteiger partial charge in [0.2, 0.25) is 0 Å². The van der Waals surface area contributed by atoms with E-state index in [9.17, 15) is 0 Å². The maximum Gasteiger partial charge on any atom is 0.0420 e. The van der Waals surface area contributed by atoms with E-state index in [1.165, 1.54) is 73.5 Å². The van der Waals surface area contributed by atoms with E-state index in [-0.39, 0.29) is 0 Å². The average molecular weight is 327 g/mol. The predicted octanol–water partition coefficient (Wildman–Crippen LogP) is 6.82. The summed E-state index contributed by atoms with van der Waals surface area (Å²) in [6.07, 6.45) is 10.4. The highest BCUT2D eigenvalue weighted by molar-refractivity contribution is 6.01. The molecule has 2 rings (SSSR count). The molecule has 132 valence electrons. The number of rotatable bonds is 12. The zero-order chi connectivity index (χ0) is 17.0. The molecule has 0 heterocycles. The molecule has 24 heavy (non-hydrogen) atoms. The van der Waals surface area contributed by atoms with Crippen molar-refractivity contribution in [2.24, 2.45) is 0 Å². The van der Waals surface area contributed by atoms with Gasteiger partial charge in [-0.1, -0.05) is 76.6 Å². The van der Waals surface area contributed by atoms with Crippen LogP contribution in [0.1, 0.15) is 65.2 Å². The molecule has 0 fully saturated rings. The van der Waals surface area contributed by atoms with Crippen LogP contribution in [0, 0.1) is 0 Å². The van der Waals surface area contributed by atoms with Crippen molar-refractivity contribution in [2.75, 3.05) is 23.7 Å². The van der Waals surface area contributed by atoms with Gasteiger partial charge in [-0.25, -0.2) is 0 Å². The Kier molecular flexibility index (Phi) is 8.51. The quantitative estimate of drug-likeness (QED) is 0.418. The largest absolute Gasteiger partial charge is 0.385 e. The van der Waals surface area contributed by atoms with Crippen LogP contribution in [0.4, 0.5) is 11.4 Å². The SMILES string of the molecule is CCCCCCNc1cccc2c(NCCCCCC)cccc12. The molecule has 0 bridgehead atoms. The summed E-state index contributed by atoms with van der Waals surface area (Å²) in [5, 5.41) is 9.91. The summed E-state index contributed by atoms with van der Waals surface area (Å²) in [7, 11) is 0. The molecule has 0 spiro atoms. The van der Waals surface area contributed by atoms with Crippen LogP contribution in [-0.4, -0.2) is 13.1 Å². The Morgan fingerprint density at radius 2 is 1.04 bits per heavy atom. The molecule has 0 aromatic heterocycles. The molecule has 0 aliphatic rings. The third-order valence-corrected chi connectivity index (χ3v) is 4.61. The Labute approximate surface area is 148 Å². The van der Waals surface area contributed by atoms with Gasteiger partial charge in [0.25, 0.3) is 0 Å². The Morgan fingerprint density at radius 3 is 1.46 bits per heavy atom. The first-order chi connectivity index (χ1) is 11.9. The van der Waals surface area contributed by atoms with Gasteiger partial charge in [-0.2, -0.15) is 0 Å². The number of nitrogens with one attached hydrogen (secondary N) is 2. The zero-order valence-corrected chi connectivity index (χ0v) is 15.5. The molecule has 0 radical (unpaired) electrons. The molecule has 0 aliphatic carbocycles. The van der Waals surface area contributed by atoms with Gasteiger partial charge in [0.1, 0.15) is 0 Å². The van der Waals surface area contributed by atoms with Crippen LogP contribution in [0.5, 0.6) is 0 Å². The van der Waals surface area contributed by atoms with Crippen molar-refractivity contribution >= 4 is 22.1 Å². The highest BCUT2D eigenvalue weighted by atomic mass is 14.9. The third-order valence-electron chi connectivity index (χ3n) is 4.61. The molecular formula is C22H34N2. The fourth-order valence-corrected chi connectivity index (χ4v) is 3.17. The lowest BCUT2D eigenvalue weighted by Gasteiger charge is -2.14. The molecule has 0 saturated heterocycles. The number of benzene rings is 2. The van der Waals surface area contributed by atoms with Crippen LogP contribution in [0.2, 0.25) is 0 Å². The summed E-state index contributed by atoms with van der Waals surface area (Å²) in [5.74, 6) is 0. The summed E-state index contributed by atoms with van der Waals surface area (Å²) in [4.78, 5) is 0. The second kappa shape index (κ2) is 11.0. The van der Waals surface area contributed by atoms with E-state index in [0.717, 1.165) is 13.1 Å². The van der Waals surface area contributed by atoms with Crippen LogP contribution < -0.4 is 10.6 Å². The molecule has 2 nitrogen and oxygen atoms in total. The summed E-state index contributed by atoms with van der Waals surface area (Å²) >= 11 is 0. The first-order valence-electron chi connectivity index (χ1n) is 9.86. The Bertz CT molecular complexity index is 538. The Morgan fingerprint density at radius 1 is 0.583 bits per heavy atom. The summed E-state index contributed by atoms with van der Waals surface area (Å²) in [5.41, 5.74) is 2.53. The van der Waals surface area contributed by atoms with E-state index in [0.29, 0.717) is 0 Å². The number of fused-ring (bicyclic) bond motifs is 1. The lowest BCUT2D eigenvalue weighted by molar-refractivity contribution is 0.685. The van der Waals surface area contributed by atoms with E-state index in [1.54, 1.807) is 0 Å². The van der Waals surface area contributed by atoms with Crippen LogP contribution in [0.25, 0.3) is 10.8 Å². The van der Waals surface area contributed by atoms with Gasteiger partial charge in [-0.05, 0) is 25.0 Å². The highest BCUT2D eigenvalue weighted by Gasteiger charge is 2.04. The lowest BCUT2D eigenvalue weighted by Crippen LogP contribution is -2.04. The van der Waals surface area contributed by atoms with Crippen molar-refractivity contribution in [1.82, 2.24) is 0 Å². The van der Waals surface area contributed by atoms with Crippen molar-refractivity contribution in [2.45, 2.75) is 65.2 Å². The second-order valence-electron chi connectivity index (χ2n) is 6.68. The molecule has 0 unspecified atom stereocenters. The minimum Gasteiger partial charge on any atom is -0.385 e. The van der Waals surface area contributed by atoms with Crippen molar-refractivity contribution in [3.63, 3.8) is 0 Å². The van der Waals surface area contributed by atoms with Crippen LogP contribution in [-0.2, 0) is 0 Å². The summed E-state index contributed by atoms with van der Waals surface area (Å²) in [6.45, 7) is 6.64. The maximum atomic E-state index is 3.63. The van der Waals surface area contributed by atoms with E-state index in [4.69, 9.17) is 0 Å². The standard InChI is InChI=1S/C22H34N2/c1-3-5-7-9-17-23-21-15-11-14-20-19(21)13-12-16-22(20)24-18-10-8-6-4-2/h11-16,23-24H,3-10,17-18H2,1-2H3. The summed E-state index contributed by atoms with van der Waals surface area (Å²) in [6, 6.07) is 13.2. The molecule has 2 N–H and O–H groups in total. The number of anilines is 2. The number of hydrogen-bond acceptors (Lipinski definition) is 2. The summed E-state index contributed by atoms with van der Waals surface area (Å²) < 4.78 is 0. The van der Waals surface area contributed by atoms with Crippen molar-refractivity contribution < 1.29 is 0 Å². The van der Waals surface area contributed by atoms with Crippen LogP contribution in [0.15, 0.2) is 36.4 Å². The molecule has 2 heteroatoms. The van der Waals surface area contributed by atoms with E-state index in [2.05, 4.69) is 60.9 Å². The van der Waals surface area contributed by atoms with Crippen LogP contribution in [0.3, 0.4) is 0 Å². The molecule has 2 aromatic rings. The highest BCUT2D eigenvalue weighted by Crippen LogP contribution is 2.29. The topological polar surface area (TPSA) is 24.1 Å². The molecule has 0 amide bonds. The number of hydrogen-bond donors (Lipinski definition) is 2. The lowest BCUT2D eigenvalue weighted by atomic mass is 10.1. The van der Waals surface area contributed by atoms with Crippen molar-refractivity contribution in [1.29, 1.82) is 0 Å². The minimum atomic E-state index is 1.06. The van der Waals surface area contributed by atoms with Gasteiger partial charge < -0.3 is 10.6 Å². The minimum absolute atomic E-state index is 1.06. The third kappa shape index (κ3) is 5.74. The Hall–Kier alpha value is -1.70. The van der Waals surface area contributed by atoms with E-state index < -0.39 is 0 Å². The monoisotopic (exact) mass is 326 g/mol. The molecule has 0 atom stereocenters. The molecule has 0 aliphatic heterocycles. The van der Waals surface area contributed by atoms with Gasteiger partial charge >= 0.3 is 0 Å². The molecular weight excluding hydrogens is 292 g/mol. The van der Waals surface area contributed by atoms with Crippen LogP contribution >= 0.6 is 0 Å². The fraction of sp³-hybridized carbons (Fsp3) is 0.545. The maximum absolute atomic E-state index is 3.63. The Balaban J connectivity index is 1.97. The van der Waals surface area contributed by atoms with Gasteiger partial charge in [-0.3, -0.25) is 0 Å². The van der Waals surface area contributed by atoms with E-state index >= 15 is 0 Å². The van der Waals surface area contributed by atoms with Gasteiger partial charge in [-0.15, -0.1) is 0 Å². The first kappa shape index (κ1) is 18.6. The van der Waals surface area contributed by atoms with E-state index in [1.807, 2.05) is 0 Å². The predicted molar refractivity (Wildman–Crippen MR) is 109 cm³/mol. The fourth-order valence-electron chi connectivity index (χ4n) is 3.17. The second-order valence-corrected chi connectivity index (χ2v) is 6.68. The molecule has 0 saturated carbocycles. The van der Waals surface area contributed by atoms with Gasteiger partial charge in [0, 0.05) is 35.2 Å². The molecule has 2 aromatic carbocycles. The van der Waals surface area contributed by atoms with Gasteiger partial charge in [0.05, 0.1) is 0 Å². The van der Waals surface area contributed by atoms with Crippen molar-refractivity contribution in [3.8, 4) is 0 Å². The normalized spacial score (nSPS) is 10.9. The zero-order valence-electron chi connectivity index (χ0n) is 15.5. The van der Waals surface area contributed by atoms with Crippen molar-refractivity contribution in [3.05, 3.63) is 36.4 Å². The first-order valence-corrected chi connectivity index (χ1v) is 9.86. The van der Waals surface area contributed by atoms with Gasteiger partial charge in [0.15, 0.2) is 0 Å². The average Bonchev–Trinajstić information content (AvgIpc) is 2.61.